The fourth-order valence-electron chi connectivity index (χ4n) is 3.87. The topological polar surface area (TPSA) is 87.7 Å². The quantitative estimate of drug-likeness (QED) is 0.709. The first-order valence-corrected chi connectivity index (χ1v) is 10.1. The van der Waals surface area contributed by atoms with Crippen molar-refractivity contribution in [3.05, 3.63) is 28.3 Å². The van der Waals surface area contributed by atoms with Crippen molar-refractivity contribution < 1.29 is 19.1 Å². The first kappa shape index (κ1) is 20.5. The van der Waals surface area contributed by atoms with Gasteiger partial charge in [0.25, 0.3) is 5.91 Å². The van der Waals surface area contributed by atoms with Crippen LogP contribution < -0.4 is 15.4 Å². The highest BCUT2D eigenvalue weighted by Crippen LogP contribution is 2.36. The number of rotatable bonds is 6. The van der Waals surface area contributed by atoms with Crippen molar-refractivity contribution in [1.82, 2.24) is 15.5 Å². The maximum atomic E-state index is 12.5. The Morgan fingerprint density at radius 3 is 2.57 bits per heavy atom. The molecule has 8 heteroatoms. The van der Waals surface area contributed by atoms with E-state index in [1.807, 2.05) is 11.0 Å². The van der Waals surface area contributed by atoms with E-state index in [1.54, 1.807) is 7.11 Å². The van der Waals surface area contributed by atoms with Gasteiger partial charge >= 0.3 is 6.03 Å². The summed E-state index contributed by atoms with van der Waals surface area (Å²) >= 11 is 6.36. The number of piperidine rings is 1. The Hall–Kier alpha value is -2.28. The molecule has 2 heterocycles. The van der Waals surface area contributed by atoms with Crippen LogP contribution in [0.4, 0.5) is 4.79 Å². The number of imide groups is 1. The monoisotopic (exact) mass is 407 g/mol. The highest BCUT2D eigenvalue weighted by molar-refractivity contribution is 6.32. The second kappa shape index (κ2) is 8.82. The lowest BCUT2D eigenvalue weighted by molar-refractivity contribution is -0.132. The molecule has 3 rings (SSSR count). The number of ether oxygens (including phenoxy) is 1. The number of hydrogen-bond donors (Lipinski definition) is 2. The highest BCUT2D eigenvalue weighted by atomic mass is 35.5. The van der Waals surface area contributed by atoms with Crippen LogP contribution in [0, 0.1) is 0 Å². The number of hydrogen-bond acceptors (Lipinski definition) is 4. The van der Waals surface area contributed by atoms with E-state index in [2.05, 4.69) is 23.6 Å². The van der Waals surface area contributed by atoms with Gasteiger partial charge in [-0.25, -0.2) is 4.79 Å². The Bertz CT molecular complexity index is 750. The molecule has 28 heavy (non-hydrogen) atoms. The zero-order valence-electron chi connectivity index (χ0n) is 16.2. The van der Waals surface area contributed by atoms with Crippen molar-refractivity contribution in [1.29, 1.82) is 0 Å². The minimum absolute atomic E-state index is 0.0235. The van der Waals surface area contributed by atoms with Gasteiger partial charge in [-0.1, -0.05) is 24.6 Å². The summed E-state index contributed by atoms with van der Waals surface area (Å²) in [6, 6.07) is 3.05. The molecule has 0 saturated carbocycles. The number of carbonyl (C=O) groups excluding carboxylic acids is 3. The molecule has 2 aliphatic heterocycles. The molecule has 1 aromatic rings. The van der Waals surface area contributed by atoms with Crippen LogP contribution in [0.5, 0.6) is 5.75 Å². The van der Waals surface area contributed by atoms with Gasteiger partial charge in [0.1, 0.15) is 11.8 Å². The lowest BCUT2D eigenvalue weighted by Crippen LogP contribution is -2.39. The molecule has 0 bridgehead atoms. The third-order valence-electron chi connectivity index (χ3n) is 5.56. The first-order valence-electron chi connectivity index (χ1n) is 9.68. The van der Waals surface area contributed by atoms with Crippen molar-refractivity contribution in [2.45, 2.75) is 51.0 Å². The lowest BCUT2D eigenvalue weighted by atomic mass is 9.88. The first-order chi connectivity index (χ1) is 13.4. The summed E-state index contributed by atoms with van der Waals surface area (Å²) in [7, 11) is 1.62. The maximum absolute atomic E-state index is 12.5. The second-order valence-electron chi connectivity index (χ2n) is 7.26. The molecule has 2 fully saturated rings. The zero-order chi connectivity index (χ0) is 20.3. The van der Waals surface area contributed by atoms with Gasteiger partial charge in [-0.2, -0.15) is 0 Å². The van der Waals surface area contributed by atoms with Crippen molar-refractivity contribution in [2.75, 3.05) is 20.2 Å². The van der Waals surface area contributed by atoms with Gasteiger partial charge in [-0.05, 0) is 48.8 Å². The molecule has 1 aromatic carbocycles. The van der Waals surface area contributed by atoms with Crippen molar-refractivity contribution in [3.8, 4) is 5.75 Å². The second-order valence-corrected chi connectivity index (χ2v) is 7.64. The van der Waals surface area contributed by atoms with E-state index in [0.717, 1.165) is 24.8 Å². The predicted molar refractivity (Wildman–Crippen MR) is 106 cm³/mol. The van der Waals surface area contributed by atoms with E-state index >= 15 is 0 Å². The van der Waals surface area contributed by atoms with Gasteiger partial charge in [-0.3, -0.25) is 14.9 Å². The third-order valence-corrected chi connectivity index (χ3v) is 5.99. The summed E-state index contributed by atoms with van der Waals surface area (Å²) in [5.74, 6) is 0.724. The molecular formula is C20H26ClN3O4. The summed E-state index contributed by atoms with van der Waals surface area (Å²) in [5.41, 5.74) is 2.28. The summed E-state index contributed by atoms with van der Waals surface area (Å²) in [6.45, 7) is 3.43. The Morgan fingerprint density at radius 2 is 2.00 bits per heavy atom. The number of benzene rings is 1. The Balaban J connectivity index is 1.55. The summed E-state index contributed by atoms with van der Waals surface area (Å²) in [5, 5.41) is 5.38. The average Bonchev–Trinajstić information content (AvgIpc) is 3.03. The van der Waals surface area contributed by atoms with Gasteiger partial charge < -0.3 is 15.0 Å². The number of aryl methyl sites for hydroxylation is 1. The molecular weight excluding hydrogens is 382 g/mol. The normalized spacial score (nSPS) is 20.1. The molecule has 2 saturated heterocycles. The van der Waals surface area contributed by atoms with E-state index < -0.39 is 12.1 Å². The smallest absolute Gasteiger partial charge is 0.322 e. The standard InChI is InChI=1S/C20H26ClN3O4/c1-3-12-10-14(11-16(28-2)18(12)21)13-6-8-24(9-7-13)17(25)5-4-15-19(26)23-20(27)22-15/h10-11,13,15H,3-9H2,1-2H3,(H2,22,23,26,27)/t15-/m1/s1. The van der Waals surface area contributed by atoms with Crippen LogP contribution in [-0.4, -0.2) is 49.0 Å². The molecule has 0 spiro atoms. The Morgan fingerprint density at radius 1 is 1.29 bits per heavy atom. The molecule has 152 valence electrons. The molecule has 4 amide bonds. The van der Waals surface area contributed by atoms with Crippen LogP contribution in [0.3, 0.4) is 0 Å². The van der Waals surface area contributed by atoms with Crippen LogP contribution in [0.1, 0.15) is 49.7 Å². The van der Waals surface area contributed by atoms with E-state index in [-0.39, 0.29) is 18.2 Å². The summed E-state index contributed by atoms with van der Waals surface area (Å²) in [6.07, 6.45) is 3.16. The largest absolute Gasteiger partial charge is 0.495 e. The number of urea groups is 1. The molecule has 0 aromatic heterocycles. The number of nitrogens with one attached hydrogen (secondary N) is 2. The van der Waals surface area contributed by atoms with Gasteiger partial charge in [0.05, 0.1) is 12.1 Å². The summed E-state index contributed by atoms with van der Waals surface area (Å²) < 4.78 is 5.42. The van der Waals surface area contributed by atoms with E-state index in [4.69, 9.17) is 16.3 Å². The highest BCUT2D eigenvalue weighted by Gasteiger charge is 2.31. The molecule has 2 aliphatic rings. The lowest BCUT2D eigenvalue weighted by Gasteiger charge is -2.33. The maximum Gasteiger partial charge on any atom is 0.322 e. The predicted octanol–water partition coefficient (Wildman–Crippen LogP) is 2.61. The number of likely N-dealkylation sites (tertiary alicyclic amines) is 1. The molecule has 7 nitrogen and oxygen atoms in total. The fourth-order valence-corrected chi connectivity index (χ4v) is 4.19. The van der Waals surface area contributed by atoms with Gasteiger partial charge in [0, 0.05) is 19.5 Å². The van der Waals surface area contributed by atoms with Crippen molar-refractivity contribution >= 4 is 29.4 Å². The molecule has 0 radical (unpaired) electrons. The minimum Gasteiger partial charge on any atom is -0.495 e. The van der Waals surface area contributed by atoms with Gasteiger partial charge in [-0.15, -0.1) is 0 Å². The molecule has 0 aliphatic carbocycles. The zero-order valence-corrected chi connectivity index (χ0v) is 17.0. The van der Waals surface area contributed by atoms with Crippen LogP contribution in [0.25, 0.3) is 0 Å². The number of nitrogens with zero attached hydrogens (tertiary/aromatic N) is 1. The van der Waals surface area contributed by atoms with E-state index in [9.17, 15) is 14.4 Å². The van der Waals surface area contributed by atoms with Crippen LogP contribution in [0.15, 0.2) is 12.1 Å². The molecule has 2 N–H and O–H groups in total. The Labute approximate surface area is 169 Å². The third kappa shape index (κ3) is 4.41. The van der Waals surface area contributed by atoms with Crippen molar-refractivity contribution in [3.63, 3.8) is 0 Å². The van der Waals surface area contributed by atoms with Crippen LogP contribution >= 0.6 is 11.6 Å². The number of carbonyl (C=O) groups is 3. The van der Waals surface area contributed by atoms with Crippen LogP contribution in [-0.2, 0) is 16.0 Å². The number of methoxy groups -OCH3 is 1. The van der Waals surface area contributed by atoms with Crippen LogP contribution in [0.2, 0.25) is 5.02 Å². The average molecular weight is 408 g/mol. The molecule has 0 unspecified atom stereocenters. The SMILES string of the molecule is CCc1cc(C2CCN(C(=O)CC[C@H]3NC(=O)NC3=O)CC2)cc(OC)c1Cl. The van der Waals surface area contributed by atoms with Gasteiger partial charge in [0.15, 0.2) is 0 Å². The van der Waals surface area contributed by atoms with E-state index in [1.165, 1.54) is 5.56 Å². The van der Waals surface area contributed by atoms with Gasteiger partial charge in [0.2, 0.25) is 5.91 Å². The Kier molecular flexibility index (Phi) is 6.44. The van der Waals surface area contributed by atoms with E-state index in [0.29, 0.717) is 36.2 Å². The summed E-state index contributed by atoms with van der Waals surface area (Å²) in [4.78, 5) is 37.0. The minimum atomic E-state index is -0.608. The number of halogens is 1. The number of amides is 4. The van der Waals surface area contributed by atoms with Crippen molar-refractivity contribution in [2.24, 2.45) is 0 Å². The molecule has 1 atom stereocenters. The fraction of sp³-hybridized carbons (Fsp3) is 0.550.